The minimum absolute atomic E-state index is 0.0963. The van der Waals surface area contributed by atoms with Crippen LogP contribution in [0.25, 0.3) is 11.0 Å². The summed E-state index contributed by atoms with van der Waals surface area (Å²) in [4.78, 5) is 4.08. The molecule has 0 radical (unpaired) electrons. The molecule has 10 heteroatoms. The van der Waals surface area contributed by atoms with Crippen molar-refractivity contribution in [2.75, 3.05) is 7.11 Å². The topological polar surface area (TPSA) is 94.4 Å². The van der Waals surface area contributed by atoms with Gasteiger partial charge in [-0.05, 0) is 41.1 Å². The highest BCUT2D eigenvalue weighted by molar-refractivity contribution is 5.77. The maximum atomic E-state index is 15.1. The third-order valence-electron chi connectivity index (χ3n) is 4.23. The number of H-pyrrole nitrogens is 1. The molecule has 138 valence electrons. The van der Waals surface area contributed by atoms with Crippen LogP contribution in [-0.2, 0) is 12.5 Å². The van der Waals surface area contributed by atoms with Crippen LogP contribution in [0.4, 0.5) is 8.78 Å². The first-order chi connectivity index (χ1) is 13.0. The summed E-state index contributed by atoms with van der Waals surface area (Å²) in [6, 6.07) is 8.31. The number of aromatic nitrogens is 7. The number of nitrogens with one attached hydrogen (secondary N) is 1. The second kappa shape index (κ2) is 6.38. The number of hydrogen-bond acceptors (Lipinski definition) is 6. The van der Waals surface area contributed by atoms with Gasteiger partial charge in [0.15, 0.2) is 0 Å². The highest BCUT2D eigenvalue weighted by Gasteiger charge is 2.41. The lowest BCUT2D eigenvalue weighted by Crippen LogP contribution is -2.23. The molecule has 0 saturated carbocycles. The first kappa shape index (κ1) is 17.0. The van der Waals surface area contributed by atoms with E-state index in [9.17, 15) is 0 Å². The molecule has 0 spiro atoms. The lowest BCUT2D eigenvalue weighted by molar-refractivity contribution is 0.0278. The molecule has 1 aromatic carbocycles. The lowest BCUT2D eigenvalue weighted by Gasteiger charge is -2.15. The fourth-order valence-corrected chi connectivity index (χ4v) is 2.77. The van der Waals surface area contributed by atoms with Crippen molar-refractivity contribution in [1.29, 1.82) is 0 Å². The number of aryl methyl sites for hydroxylation is 1. The van der Waals surface area contributed by atoms with E-state index in [-0.39, 0.29) is 12.1 Å². The molecule has 0 aliphatic heterocycles. The Morgan fingerprint density at radius 3 is 2.74 bits per heavy atom. The maximum absolute atomic E-state index is 15.1. The summed E-state index contributed by atoms with van der Waals surface area (Å²) in [5, 5.41) is 17.4. The Morgan fingerprint density at radius 2 is 2.00 bits per heavy atom. The van der Waals surface area contributed by atoms with Crippen LogP contribution in [0, 0.1) is 6.92 Å². The van der Waals surface area contributed by atoms with Crippen molar-refractivity contribution < 1.29 is 13.5 Å². The molecule has 8 nitrogen and oxygen atoms in total. The van der Waals surface area contributed by atoms with Crippen LogP contribution in [0.3, 0.4) is 0 Å². The Labute approximate surface area is 152 Å². The summed E-state index contributed by atoms with van der Waals surface area (Å²) in [6.45, 7) is 1.87. The van der Waals surface area contributed by atoms with Crippen LogP contribution in [-0.4, -0.2) is 42.5 Å². The van der Waals surface area contributed by atoms with E-state index in [1.54, 1.807) is 38.3 Å². The van der Waals surface area contributed by atoms with Crippen molar-refractivity contribution in [3.05, 3.63) is 59.2 Å². The number of tetrazole rings is 1. The molecule has 0 fully saturated rings. The van der Waals surface area contributed by atoms with E-state index in [1.165, 1.54) is 6.07 Å². The molecule has 3 aromatic heterocycles. The van der Waals surface area contributed by atoms with Crippen LogP contribution in [0.5, 0.6) is 5.75 Å². The fourth-order valence-electron chi connectivity index (χ4n) is 2.77. The van der Waals surface area contributed by atoms with Crippen LogP contribution < -0.4 is 4.74 Å². The molecule has 27 heavy (non-hydrogen) atoms. The number of halogens is 2. The highest BCUT2D eigenvalue weighted by atomic mass is 19.3. The van der Waals surface area contributed by atoms with Gasteiger partial charge in [0.25, 0.3) is 0 Å². The Bertz CT molecular complexity index is 1090. The number of rotatable bonds is 5. The molecule has 0 atom stereocenters. The maximum Gasteiger partial charge on any atom is 0.335 e. The monoisotopic (exact) mass is 371 g/mol. The Hall–Kier alpha value is -3.43. The smallest absolute Gasteiger partial charge is 0.335 e. The van der Waals surface area contributed by atoms with E-state index < -0.39 is 11.7 Å². The zero-order valence-electron chi connectivity index (χ0n) is 14.5. The molecule has 0 amide bonds. The van der Waals surface area contributed by atoms with Crippen molar-refractivity contribution in [2.24, 2.45) is 0 Å². The van der Waals surface area contributed by atoms with E-state index >= 15 is 8.78 Å². The molecular weight excluding hydrogens is 356 g/mol. The molecule has 4 aromatic rings. The summed E-state index contributed by atoms with van der Waals surface area (Å²) in [5.41, 5.74) is 2.05. The van der Waals surface area contributed by atoms with Gasteiger partial charge in [-0.25, -0.2) is 4.68 Å². The standard InChI is InChI=1S/C17H15F2N7O/c1-10-15-14(22-21-10)7-12(8-20-15)17(18,19)16-23-24-25-26(16)9-11-3-5-13(27-2)6-4-11/h3-8H,9H2,1-2H3,(H,21,22). The predicted molar refractivity (Wildman–Crippen MR) is 91.5 cm³/mol. The molecule has 4 rings (SSSR count). The largest absolute Gasteiger partial charge is 0.497 e. The summed E-state index contributed by atoms with van der Waals surface area (Å²) >= 11 is 0. The Balaban J connectivity index is 1.68. The number of methoxy groups -OCH3 is 1. The first-order valence-corrected chi connectivity index (χ1v) is 8.07. The van der Waals surface area contributed by atoms with Crippen molar-refractivity contribution in [3.8, 4) is 5.75 Å². The predicted octanol–water partition coefficient (Wildman–Crippen LogP) is 2.45. The van der Waals surface area contributed by atoms with Crippen LogP contribution >= 0.6 is 0 Å². The van der Waals surface area contributed by atoms with Gasteiger partial charge in [-0.2, -0.15) is 13.9 Å². The second-order valence-corrected chi connectivity index (χ2v) is 6.02. The second-order valence-electron chi connectivity index (χ2n) is 6.02. The normalized spacial score (nSPS) is 11.9. The summed E-state index contributed by atoms with van der Waals surface area (Å²) in [5.74, 6) is -3.31. The van der Waals surface area contributed by atoms with Gasteiger partial charge < -0.3 is 4.74 Å². The number of aromatic amines is 1. The van der Waals surface area contributed by atoms with Crippen molar-refractivity contribution in [1.82, 2.24) is 35.4 Å². The van der Waals surface area contributed by atoms with Crippen LogP contribution in [0.15, 0.2) is 36.5 Å². The third-order valence-corrected chi connectivity index (χ3v) is 4.23. The molecule has 3 heterocycles. The van der Waals surface area contributed by atoms with Gasteiger partial charge in [-0.3, -0.25) is 10.1 Å². The van der Waals surface area contributed by atoms with E-state index in [1.807, 2.05) is 0 Å². The molecular formula is C17H15F2N7O. The fraction of sp³-hybridized carbons (Fsp3) is 0.235. The van der Waals surface area contributed by atoms with E-state index in [0.717, 1.165) is 16.4 Å². The van der Waals surface area contributed by atoms with Gasteiger partial charge in [0, 0.05) is 11.8 Å². The van der Waals surface area contributed by atoms with Gasteiger partial charge in [0.2, 0.25) is 5.82 Å². The van der Waals surface area contributed by atoms with Crippen molar-refractivity contribution in [3.63, 3.8) is 0 Å². The summed E-state index contributed by atoms with van der Waals surface area (Å²) in [7, 11) is 1.56. The zero-order chi connectivity index (χ0) is 19.0. The van der Waals surface area contributed by atoms with Crippen LogP contribution in [0.1, 0.15) is 22.6 Å². The third kappa shape index (κ3) is 2.98. The first-order valence-electron chi connectivity index (χ1n) is 8.07. The average molecular weight is 371 g/mol. The SMILES string of the molecule is COc1ccc(Cn2nnnc2C(F)(F)c2cnc3c(C)[nH]nc3c2)cc1. The Kier molecular flexibility index (Phi) is 4.02. The van der Waals surface area contributed by atoms with Gasteiger partial charge in [-0.1, -0.05) is 12.1 Å². The molecule has 0 bridgehead atoms. The summed E-state index contributed by atoms with van der Waals surface area (Å²) in [6.07, 6.45) is 1.12. The highest BCUT2D eigenvalue weighted by Crippen LogP contribution is 2.35. The minimum atomic E-state index is -3.43. The van der Waals surface area contributed by atoms with Crippen molar-refractivity contribution in [2.45, 2.75) is 19.4 Å². The quantitative estimate of drug-likeness (QED) is 0.579. The number of benzene rings is 1. The van der Waals surface area contributed by atoms with Gasteiger partial charge >= 0.3 is 5.92 Å². The molecule has 0 aliphatic rings. The van der Waals surface area contributed by atoms with Gasteiger partial charge in [0.1, 0.15) is 16.8 Å². The number of nitrogens with zero attached hydrogens (tertiary/aromatic N) is 6. The van der Waals surface area contributed by atoms with E-state index in [4.69, 9.17) is 4.74 Å². The number of pyridine rings is 1. The number of alkyl halides is 2. The average Bonchev–Trinajstić information content (AvgIpc) is 3.29. The Morgan fingerprint density at radius 1 is 1.22 bits per heavy atom. The zero-order valence-corrected chi connectivity index (χ0v) is 14.5. The van der Waals surface area contributed by atoms with Gasteiger partial charge in [0.05, 0.1) is 19.3 Å². The number of hydrogen-bond donors (Lipinski definition) is 1. The van der Waals surface area contributed by atoms with Crippen molar-refractivity contribution >= 4 is 11.0 Å². The summed E-state index contributed by atoms with van der Waals surface area (Å²) < 4.78 is 36.3. The van der Waals surface area contributed by atoms with Crippen LogP contribution in [0.2, 0.25) is 0 Å². The molecule has 0 aliphatic carbocycles. The van der Waals surface area contributed by atoms with E-state index in [0.29, 0.717) is 22.5 Å². The van der Waals surface area contributed by atoms with Gasteiger partial charge in [-0.15, -0.1) is 5.10 Å². The van der Waals surface area contributed by atoms with E-state index in [2.05, 4.69) is 30.7 Å². The number of fused-ring (bicyclic) bond motifs is 1. The molecule has 0 saturated heterocycles. The minimum Gasteiger partial charge on any atom is -0.497 e. The lowest BCUT2D eigenvalue weighted by atomic mass is 10.1. The molecule has 0 unspecified atom stereocenters. The molecule has 1 N–H and O–H groups in total. The number of ether oxygens (including phenoxy) is 1.